The van der Waals surface area contributed by atoms with Crippen LogP contribution in [-0.2, 0) is 11.3 Å². The number of nitrogens with zero attached hydrogens (tertiary/aromatic N) is 2. The first kappa shape index (κ1) is 13.1. The molecule has 0 saturated carbocycles. The molecule has 1 amide bonds. The fourth-order valence-electron chi connectivity index (χ4n) is 2.25. The Morgan fingerprint density at radius 3 is 3.11 bits per heavy atom. The predicted octanol–water partition coefficient (Wildman–Crippen LogP) is 0.922. The van der Waals surface area contributed by atoms with Crippen molar-refractivity contribution in [2.24, 2.45) is 0 Å². The van der Waals surface area contributed by atoms with Gasteiger partial charge in [0, 0.05) is 25.5 Å². The number of unbranched alkanes of at least 4 members (excludes halogenated alkanes) is 1. The van der Waals surface area contributed by atoms with Crippen molar-refractivity contribution in [3.05, 3.63) is 18.7 Å². The molecule has 18 heavy (non-hydrogen) atoms. The fourth-order valence-corrected chi connectivity index (χ4v) is 2.25. The Kier molecular flexibility index (Phi) is 5.20. The minimum absolute atomic E-state index is 0.0346. The third-order valence-electron chi connectivity index (χ3n) is 3.33. The molecule has 2 heterocycles. The second-order valence-electron chi connectivity index (χ2n) is 4.80. The molecular formula is C13H22N4O. The predicted molar refractivity (Wildman–Crippen MR) is 70.1 cm³/mol. The van der Waals surface area contributed by atoms with Gasteiger partial charge in [-0.15, -0.1) is 0 Å². The summed E-state index contributed by atoms with van der Waals surface area (Å²) >= 11 is 0. The number of aryl methyl sites for hydroxylation is 1. The first-order chi connectivity index (χ1) is 8.86. The lowest BCUT2D eigenvalue weighted by atomic mass is 10.0. The number of hydrogen-bond acceptors (Lipinski definition) is 3. The van der Waals surface area contributed by atoms with E-state index in [-0.39, 0.29) is 11.9 Å². The summed E-state index contributed by atoms with van der Waals surface area (Å²) in [6, 6.07) is 0.0346. The maximum atomic E-state index is 11.8. The summed E-state index contributed by atoms with van der Waals surface area (Å²) in [6.07, 6.45) is 11.0. The Balaban J connectivity index is 1.53. The molecule has 1 aromatic heterocycles. The van der Waals surface area contributed by atoms with Crippen LogP contribution < -0.4 is 10.6 Å². The van der Waals surface area contributed by atoms with Gasteiger partial charge < -0.3 is 15.2 Å². The molecule has 1 aromatic rings. The molecule has 100 valence electrons. The number of hydrogen-bond donors (Lipinski definition) is 2. The summed E-state index contributed by atoms with van der Waals surface area (Å²) in [7, 11) is 0. The normalized spacial score (nSPS) is 19.7. The lowest BCUT2D eigenvalue weighted by Gasteiger charge is -2.22. The van der Waals surface area contributed by atoms with Crippen LogP contribution in [0.4, 0.5) is 0 Å². The van der Waals surface area contributed by atoms with Crippen LogP contribution in [0.5, 0.6) is 0 Å². The quantitative estimate of drug-likeness (QED) is 0.738. The Morgan fingerprint density at radius 2 is 2.39 bits per heavy atom. The van der Waals surface area contributed by atoms with Crippen molar-refractivity contribution in [3.63, 3.8) is 0 Å². The van der Waals surface area contributed by atoms with E-state index in [1.807, 2.05) is 12.5 Å². The van der Waals surface area contributed by atoms with Crippen LogP contribution in [0.15, 0.2) is 18.7 Å². The molecule has 1 saturated heterocycles. The highest BCUT2D eigenvalue weighted by Crippen LogP contribution is 2.06. The number of amides is 1. The van der Waals surface area contributed by atoms with Gasteiger partial charge in [0.2, 0.25) is 5.91 Å². The van der Waals surface area contributed by atoms with Crippen molar-refractivity contribution < 1.29 is 4.79 Å². The number of imidazole rings is 1. The zero-order chi connectivity index (χ0) is 12.6. The molecule has 1 atom stereocenters. The van der Waals surface area contributed by atoms with Crippen LogP contribution in [0.1, 0.15) is 32.1 Å². The number of piperidine rings is 1. The van der Waals surface area contributed by atoms with Gasteiger partial charge >= 0.3 is 0 Å². The van der Waals surface area contributed by atoms with Gasteiger partial charge in [-0.05, 0) is 32.2 Å². The molecule has 0 radical (unpaired) electrons. The van der Waals surface area contributed by atoms with Crippen molar-refractivity contribution in [2.45, 2.75) is 44.7 Å². The highest BCUT2D eigenvalue weighted by Gasteiger charge is 2.19. The van der Waals surface area contributed by atoms with E-state index in [0.717, 1.165) is 45.3 Å². The number of nitrogens with one attached hydrogen (secondary N) is 2. The zero-order valence-corrected chi connectivity index (χ0v) is 10.8. The fraction of sp³-hybridized carbons (Fsp3) is 0.692. The standard InChI is InChI=1S/C13H22N4O/c18-13(12-5-1-2-6-15-12)16-7-3-4-9-17-10-8-14-11-17/h8,10-12,15H,1-7,9H2,(H,16,18). The molecule has 1 fully saturated rings. The van der Waals surface area contributed by atoms with E-state index < -0.39 is 0 Å². The van der Waals surface area contributed by atoms with Gasteiger partial charge in [-0.3, -0.25) is 4.79 Å². The molecule has 0 aliphatic carbocycles. The van der Waals surface area contributed by atoms with Crippen molar-refractivity contribution in [1.82, 2.24) is 20.2 Å². The van der Waals surface area contributed by atoms with Crippen molar-refractivity contribution in [1.29, 1.82) is 0 Å². The highest BCUT2D eigenvalue weighted by molar-refractivity contribution is 5.81. The number of rotatable bonds is 6. The van der Waals surface area contributed by atoms with Gasteiger partial charge in [0.25, 0.3) is 0 Å². The molecule has 1 aliphatic heterocycles. The summed E-state index contributed by atoms with van der Waals surface area (Å²) in [5, 5.41) is 6.26. The molecule has 0 aromatic carbocycles. The van der Waals surface area contributed by atoms with Crippen molar-refractivity contribution in [3.8, 4) is 0 Å². The third-order valence-corrected chi connectivity index (χ3v) is 3.33. The lowest BCUT2D eigenvalue weighted by molar-refractivity contribution is -0.123. The van der Waals surface area contributed by atoms with E-state index in [0.29, 0.717) is 0 Å². The number of aromatic nitrogens is 2. The van der Waals surface area contributed by atoms with Gasteiger partial charge in [-0.1, -0.05) is 6.42 Å². The first-order valence-corrected chi connectivity index (χ1v) is 6.83. The average Bonchev–Trinajstić information content (AvgIpc) is 2.92. The zero-order valence-electron chi connectivity index (χ0n) is 10.8. The molecule has 5 heteroatoms. The molecule has 5 nitrogen and oxygen atoms in total. The maximum Gasteiger partial charge on any atom is 0.237 e. The smallest absolute Gasteiger partial charge is 0.237 e. The van der Waals surface area contributed by atoms with E-state index in [1.165, 1.54) is 6.42 Å². The SMILES string of the molecule is O=C(NCCCCn1ccnc1)C1CCCCN1. The Labute approximate surface area is 108 Å². The van der Waals surface area contributed by atoms with E-state index in [1.54, 1.807) is 6.20 Å². The van der Waals surface area contributed by atoms with Crippen LogP contribution >= 0.6 is 0 Å². The summed E-state index contributed by atoms with van der Waals surface area (Å²) in [4.78, 5) is 15.8. The van der Waals surface area contributed by atoms with Crippen molar-refractivity contribution in [2.75, 3.05) is 13.1 Å². The third kappa shape index (κ3) is 4.14. The average molecular weight is 250 g/mol. The van der Waals surface area contributed by atoms with Crippen LogP contribution in [0, 0.1) is 0 Å². The van der Waals surface area contributed by atoms with Crippen molar-refractivity contribution >= 4 is 5.91 Å². The van der Waals surface area contributed by atoms with Gasteiger partial charge in [0.15, 0.2) is 0 Å². The van der Waals surface area contributed by atoms with Crippen LogP contribution in [0.25, 0.3) is 0 Å². The van der Waals surface area contributed by atoms with Gasteiger partial charge in [-0.2, -0.15) is 0 Å². The van der Waals surface area contributed by atoms with E-state index in [9.17, 15) is 4.79 Å². The summed E-state index contributed by atoms with van der Waals surface area (Å²) in [5.74, 6) is 0.164. The Morgan fingerprint density at radius 1 is 1.44 bits per heavy atom. The van der Waals surface area contributed by atoms with Crippen LogP contribution in [0.2, 0.25) is 0 Å². The van der Waals surface area contributed by atoms with Crippen LogP contribution in [-0.4, -0.2) is 34.6 Å². The second-order valence-corrected chi connectivity index (χ2v) is 4.80. The van der Waals surface area contributed by atoms with E-state index in [4.69, 9.17) is 0 Å². The second kappa shape index (κ2) is 7.16. The lowest BCUT2D eigenvalue weighted by Crippen LogP contribution is -2.46. The number of carbonyl (C=O) groups is 1. The molecule has 2 rings (SSSR count). The summed E-state index contributed by atoms with van der Waals surface area (Å²) in [5.41, 5.74) is 0. The maximum absolute atomic E-state index is 11.8. The van der Waals surface area contributed by atoms with Gasteiger partial charge in [0.05, 0.1) is 12.4 Å². The Bertz CT molecular complexity index is 344. The highest BCUT2D eigenvalue weighted by atomic mass is 16.2. The van der Waals surface area contributed by atoms with E-state index in [2.05, 4.69) is 20.2 Å². The van der Waals surface area contributed by atoms with Gasteiger partial charge in [-0.25, -0.2) is 4.98 Å². The van der Waals surface area contributed by atoms with Crippen LogP contribution in [0.3, 0.4) is 0 Å². The molecule has 1 unspecified atom stereocenters. The molecule has 0 spiro atoms. The molecule has 2 N–H and O–H groups in total. The van der Waals surface area contributed by atoms with Gasteiger partial charge in [0.1, 0.15) is 0 Å². The number of carbonyl (C=O) groups excluding carboxylic acids is 1. The topological polar surface area (TPSA) is 59.0 Å². The summed E-state index contributed by atoms with van der Waals surface area (Å²) in [6.45, 7) is 2.71. The monoisotopic (exact) mass is 250 g/mol. The summed E-state index contributed by atoms with van der Waals surface area (Å²) < 4.78 is 2.06. The Hall–Kier alpha value is -1.36. The minimum Gasteiger partial charge on any atom is -0.355 e. The largest absolute Gasteiger partial charge is 0.355 e. The minimum atomic E-state index is 0.0346. The molecule has 1 aliphatic rings. The van der Waals surface area contributed by atoms with E-state index >= 15 is 0 Å². The first-order valence-electron chi connectivity index (χ1n) is 6.83. The molecular weight excluding hydrogens is 228 g/mol. The molecule has 0 bridgehead atoms.